The molecule has 0 unspecified atom stereocenters. The molecule has 0 aliphatic rings. The van der Waals surface area contributed by atoms with Crippen molar-refractivity contribution < 1.29 is 14.1 Å². The van der Waals surface area contributed by atoms with Gasteiger partial charge in [-0.1, -0.05) is 22.8 Å². The second kappa shape index (κ2) is 8.03. The lowest BCUT2D eigenvalue weighted by Crippen LogP contribution is -2.25. The molecule has 0 spiro atoms. The van der Waals surface area contributed by atoms with Gasteiger partial charge in [0.15, 0.2) is 5.82 Å². The predicted octanol–water partition coefficient (Wildman–Crippen LogP) is 3.34. The van der Waals surface area contributed by atoms with Gasteiger partial charge < -0.3 is 15.2 Å². The quantitative estimate of drug-likeness (QED) is 0.832. The molecule has 0 aliphatic heterocycles. The Hall–Kier alpha value is -1.99. The summed E-state index contributed by atoms with van der Waals surface area (Å²) < 4.78 is 4.87. The van der Waals surface area contributed by atoms with E-state index >= 15 is 0 Å². The Labute approximate surface area is 142 Å². The molecule has 23 heavy (non-hydrogen) atoms. The minimum Gasteiger partial charge on any atom is -0.360 e. The van der Waals surface area contributed by atoms with E-state index in [9.17, 15) is 9.59 Å². The molecule has 8 heteroatoms. The molecule has 0 bridgehead atoms. The first-order valence-corrected chi connectivity index (χ1v) is 8.28. The van der Waals surface area contributed by atoms with Gasteiger partial charge in [-0.3, -0.25) is 9.59 Å². The van der Waals surface area contributed by atoms with Gasteiger partial charge in [-0.2, -0.15) is 0 Å². The fraction of sp³-hybridized carbons (Fsp3) is 0.267. The van der Waals surface area contributed by atoms with Gasteiger partial charge in [0.25, 0.3) is 0 Å². The van der Waals surface area contributed by atoms with Crippen LogP contribution in [0.4, 0.5) is 11.5 Å². The number of amides is 2. The van der Waals surface area contributed by atoms with Crippen molar-refractivity contribution in [2.45, 2.75) is 19.1 Å². The Morgan fingerprint density at radius 1 is 1.35 bits per heavy atom. The minimum atomic E-state index is -0.405. The van der Waals surface area contributed by atoms with Crippen LogP contribution in [0.5, 0.6) is 0 Å². The second-order valence-electron chi connectivity index (χ2n) is 4.82. The standard InChI is InChI=1S/C15H16ClN3O3S/c1-9-6-13(19-22-9)18-15(21)10(2)23-8-14(20)17-12-5-3-4-11(16)7-12/h3-7,10H,8H2,1-2H3,(H,17,20)(H,18,19,21)/t10-/m0/s1. The highest BCUT2D eigenvalue weighted by Gasteiger charge is 2.16. The number of hydrogen-bond acceptors (Lipinski definition) is 5. The fourth-order valence-corrected chi connectivity index (χ4v) is 2.57. The van der Waals surface area contributed by atoms with E-state index < -0.39 is 5.25 Å². The molecular formula is C15H16ClN3O3S. The first-order valence-electron chi connectivity index (χ1n) is 6.85. The number of thioether (sulfide) groups is 1. The Morgan fingerprint density at radius 3 is 2.78 bits per heavy atom. The molecule has 0 fully saturated rings. The molecule has 2 aromatic rings. The van der Waals surface area contributed by atoms with Crippen molar-refractivity contribution >= 4 is 46.7 Å². The van der Waals surface area contributed by atoms with Crippen molar-refractivity contribution in [2.75, 3.05) is 16.4 Å². The number of hydrogen-bond donors (Lipinski definition) is 2. The SMILES string of the molecule is Cc1cc(NC(=O)[C@H](C)SCC(=O)Nc2cccc(Cl)c2)no1. The molecule has 0 saturated heterocycles. The van der Waals surface area contributed by atoms with Crippen LogP contribution in [0.15, 0.2) is 34.9 Å². The van der Waals surface area contributed by atoms with E-state index in [1.54, 1.807) is 44.2 Å². The summed E-state index contributed by atoms with van der Waals surface area (Å²) in [5, 5.41) is 9.19. The van der Waals surface area contributed by atoms with Crippen LogP contribution in [0, 0.1) is 6.92 Å². The molecule has 0 aliphatic carbocycles. The summed E-state index contributed by atoms with van der Waals surface area (Å²) in [7, 11) is 0. The van der Waals surface area contributed by atoms with Crippen LogP contribution < -0.4 is 10.6 Å². The lowest BCUT2D eigenvalue weighted by molar-refractivity contribution is -0.115. The van der Waals surface area contributed by atoms with E-state index in [0.29, 0.717) is 22.3 Å². The smallest absolute Gasteiger partial charge is 0.238 e. The first kappa shape index (κ1) is 17.4. The zero-order chi connectivity index (χ0) is 16.8. The Balaban J connectivity index is 1.77. The topological polar surface area (TPSA) is 84.2 Å². The zero-order valence-electron chi connectivity index (χ0n) is 12.6. The Kier molecular flexibility index (Phi) is 6.06. The number of nitrogens with one attached hydrogen (secondary N) is 2. The van der Waals surface area contributed by atoms with E-state index in [1.165, 1.54) is 11.8 Å². The Bertz CT molecular complexity index is 705. The lowest BCUT2D eigenvalue weighted by Gasteiger charge is -2.10. The van der Waals surface area contributed by atoms with Crippen molar-refractivity contribution in [1.82, 2.24) is 5.16 Å². The highest BCUT2D eigenvalue weighted by molar-refractivity contribution is 8.01. The van der Waals surface area contributed by atoms with Crippen molar-refractivity contribution in [1.29, 1.82) is 0 Å². The number of aryl methyl sites for hydroxylation is 1. The molecule has 122 valence electrons. The van der Waals surface area contributed by atoms with Crippen molar-refractivity contribution in [3.8, 4) is 0 Å². The van der Waals surface area contributed by atoms with Crippen LogP contribution in [0.2, 0.25) is 5.02 Å². The third-order valence-electron chi connectivity index (χ3n) is 2.82. The van der Waals surface area contributed by atoms with Crippen LogP contribution in [-0.4, -0.2) is 28.0 Å². The third kappa shape index (κ3) is 5.61. The van der Waals surface area contributed by atoms with Crippen molar-refractivity contribution in [2.24, 2.45) is 0 Å². The van der Waals surface area contributed by atoms with Gasteiger partial charge in [-0.15, -0.1) is 11.8 Å². The summed E-state index contributed by atoms with van der Waals surface area (Å²) in [6.07, 6.45) is 0. The largest absolute Gasteiger partial charge is 0.360 e. The van der Waals surface area contributed by atoms with Crippen LogP contribution >= 0.6 is 23.4 Å². The normalized spacial score (nSPS) is 11.8. The summed E-state index contributed by atoms with van der Waals surface area (Å²) in [6.45, 7) is 3.46. The van der Waals surface area contributed by atoms with Gasteiger partial charge in [-0.05, 0) is 32.0 Å². The fourth-order valence-electron chi connectivity index (χ4n) is 1.69. The Morgan fingerprint density at radius 2 is 2.13 bits per heavy atom. The zero-order valence-corrected chi connectivity index (χ0v) is 14.2. The summed E-state index contributed by atoms with van der Waals surface area (Å²) in [4.78, 5) is 23.9. The van der Waals surface area contributed by atoms with E-state index in [0.717, 1.165) is 0 Å². The molecular weight excluding hydrogens is 338 g/mol. The number of carbonyl (C=O) groups is 2. The molecule has 1 aromatic heterocycles. The minimum absolute atomic E-state index is 0.152. The van der Waals surface area contributed by atoms with E-state index in [1.807, 2.05) is 0 Å². The molecule has 1 aromatic carbocycles. The van der Waals surface area contributed by atoms with Crippen LogP contribution in [0.1, 0.15) is 12.7 Å². The molecule has 2 N–H and O–H groups in total. The van der Waals surface area contributed by atoms with E-state index in [-0.39, 0.29) is 17.6 Å². The molecule has 6 nitrogen and oxygen atoms in total. The highest BCUT2D eigenvalue weighted by atomic mass is 35.5. The molecule has 1 heterocycles. The maximum absolute atomic E-state index is 12.0. The van der Waals surface area contributed by atoms with Crippen LogP contribution in [0.3, 0.4) is 0 Å². The van der Waals surface area contributed by atoms with Gasteiger partial charge in [0.2, 0.25) is 11.8 Å². The monoisotopic (exact) mass is 353 g/mol. The maximum atomic E-state index is 12.0. The van der Waals surface area contributed by atoms with E-state index in [4.69, 9.17) is 16.1 Å². The number of benzene rings is 1. The number of aromatic nitrogens is 1. The van der Waals surface area contributed by atoms with Crippen LogP contribution in [-0.2, 0) is 9.59 Å². The second-order valence-corrected chi connectivity index (χ2v) is 6.59. The average molecular weight is 354 g/mol. The summed E-state index contributed by atoms with van der Waals surface area (Å²) in [5.74, 6) is 0.691. The number of nitrogens with zero attached hydrogens (tertiary/aromatic N) is 1. The molecule has 2 amide bonds. The maximum Gasteiger partial charge on any atom is 0.238 e. The number of halogens is 1. The molecule has 1 atom stereocenters. The van der Waals surface area contributed by atoms with Crippen molar-refractivity contribution in [3.63, 3.8) is 0 Å². The van der Waals surface area contributed by atoms with Gasteiger partial charge in [-0.25, -0.2) is 0 Å². The van der Waals surface area contributed by atoms with Gasteiger partial charge >= 0.3 is 0 Å². The van der Waals surface area contributed by atoms with Crippen molar-refractivity contribution in [3.05, 3.63) is 41.1 Å². The van der Waals surface area contributed by atoms with Gasteiger partial charge in [0.1, 0.15) is 5.76 Å². The summed E-state index contributed by atoms with van der Waals surface area (Å²) >= 11 is 7.08. The van der Waals surface area contributed by atoms with Gasteiger partial charge in [0, 0.05) is 16.8 Å². The summed E-state index contributed by atoms with van der Waals surface area (Å²) in [6, 6.07) is 8.51. The molecule has 0 radical (unpaired) electrons. The third-order valence-corrected chi connectivity index (χ3v) is 4.20. The van der Waals surface area contributed by atoms with Gasteiger partial charge in [0.05, 0.1) is 11.0 Å². The molecule has 2 rings (SSSR count). The average Bonchev–Trinajstić information content (AvgIpc) is 2.90. The lowest BCUT2D eigenvalue weighted by atomic mass is 10.3. The van der Waals surface area contributed by atoms with E-state index in [2.05, 4.69) is 15.8 Å². The highest BCUT2D eigenvalue weighted by Crippen LogP contribution is 2.17. The summed E-state index contributed by atoms with van der Waals surface area (Å²) in [5.41, 5.74) is 0.623. The number of rotatable bonds is 6. The predicted molar refractivity (Wildman–Crippen MR) is 91.9 cm³/mol. The first-order chi connectivity index (χ1) is 10.9. The number of anilines is 2. The van der Waals surface area contributed by atoms with Crippen LogP contribution in [0.25, 0.3) is 0 Å². The number of carbonyl (C=O) groups excluding carboxylic acids is 2. The molecule has 0 saturated carbocycles.